The average Bonchev–Trinajstić information content (AvgIpc) is 2.53. The Morgan fingerprint density at radius 3 is 2.71 bits per heavy atom. The Morgan fingerprint density at radius 2 is 2.00 bits per heavy atom. The van der Waals surface area contributed by atoms with Crippen molar-refractivity contribution in [2.75, 3.05) is 24.2 Å². The maximum Gasteiger partial charge on any atom is 0.126 e. The van der Waals surface area contributed by atoms with Crippen LogP contribution in [-0.2, 0) is 0 Å². The van der Waals surface area contributed by atoms with Gasteiger partial charge in [0.1, 0.15) is 5.84 Å². The summed E-state index contributed by atoms with van der Waals surface area (Å²) < 4.78 is 0. The molecule has 0 radical (unpaired) electrons. The number of anilines is 1. The number of hydrogen-bond donors (Lipinski definition) is 2. The predicted molar refractivity (Wildman–Crippen MR) is 91.5 cm³/mol. The zero-order valence-corrected chi connectivity index (χ0v) is 13.6. The standard InChI is InChI=1S/C17H25N3S/c1-21-15-8-4-7-14(16(15)17(18)19)20-10-9-12-5-2-3-6-13(12)11-20/h4,7-8,12-13H,2-3,5-6,9-11H2,1H3,(H3,18,19). The summed E-state index contributed by atoms with van der Waals surface area (Å²) in [7, 11) is 0. The van der Waals surface area contributed by atoms with Gasteiger partial charge in [0.2, 0.25) is 0 Å². The molecule has 21 heavy (non-hydrogen) atoms. The summed E-state index contributed by atoms with van der Waals surface area (Å²) in [6.07, 6.45) is 8.95. The summed E-state index contributed by atoms with van der Waals surface area (Å²) in [5.74, 6) is 1.96. The number of nitrogens with zero attached hydrogens (tertiary/aromatic N) is 1. The molecule has 2 aliphatic rings. The monoisotopic (exact) mass is 303 g/mol. The lowest BCUT2D eigenvalue weighted by Crippen LogP contribution is -2.42. The number of benzene rings is 1. The predicted octanol–water partition coefficient (Wildman–Crippen LogP) is 3.71. The SMILES string of the molecule is CSc1cccc(N2CCC3CCCCC3C2)c1C(=N)N. The second kappa shape index (κ2) is 6.30. The molecule has 1 aromatic carbocycles. The number of nitrogens with one attached hydrogen (secondary N) is 1. The molecule has 1 saturated heterocycles. The van der Waals surface area contributed by atoms with Crippen LogP contribution in [0.2, 0.25) is 0 Å². The van der Waals surface area contributed by atoms with Gasteiger partial charge < -0.3 is 10.6 Å². The molecule has 0 spiro atoms. The molecule has 1 heterocycles. The van der Waals surface area contributed by atoms with Gasteiger partial charge in [0.15, 0.2) is 0 Å². The highest BCUT2D eigenvalue weighted by Crippen LogP contribution is 2.39. The van der Waals surface area contributed by atoms with Gasteiger partial charge in [0.05, 0.1) is 5.56 Å². The van der Waals surface area contributed by atoms with Gasteiger partial charge in [0, 0.05) is 23.7 Å². The molecule has 114 valence electrons. The summed E-state index contributed by atoms with van der Waals surface area (Å²) in [4.78, 5) is 3.59. The van der Waals surface area contributed by atoms with Crippen LogP contribution >= 0.6 is 11.8 Å². The van der Waals surface area contributed by atoms with Gasteiger partial charge >= 0.3 is 0 Å². The largest absolute Gasteiger partial charge is 0.384 e. The molecule has 3 rings (SSSR count). The van der Waals surface area contributed by atoms with E-state index in [2.05, 4.69) is 29.4 Å². The van der Waals surface area contributed by atoms with E-state index in [4.69, 9.17) is 11.1 Å². The second-order valence-corrected chi connectivity index (χ2v) is 7.16. The summed E-state index contributed by atoms with van der Waals surface area (Å²) in [6.45, 7) is 2.25. The Hall–Kier alpha value is -1.16. The molecule has 2 atom stereocenters. The smallest absolute Gasteiger partial charge is 0.126 e. The van der Waals surface area contributed by atoms with E-state index in [1.807, 2.05) is 0 Å². The Labute approximate surface area is 131 Å². The van der Waals surface area contributed by atoms with Gasteiger partial charge in [-0.15, -0.1) is 11.8 Å². The molecule has 0 amide bonds. The van der Waals surface area contributed by atoms with Crippen LogP contribution in [0.25, 0.3) is 0 Å². The Morgan fingerprint density at radius 1 is 1.24 bits per heavy atom. The van der Waals surface area contributed by atoms with E-state index in [-0.39, 0.29) is 5.84 Å². The highest BCUT2D eigenvalue weighted by Gasteiger charge is 2.32. The third-order valence-electron chi connectivity index (χ3n) is 5.13. The van der Waals surface area contributed by atoms with E-state index in [0.717, 1.165) is 35.4 Å². The number of hydrogen-bond acceptors (Lipinski definition) is 3. The minimum absolute atomic E-state index is 0.195. The highest BCUT2D eigenvalue weighted by molar-refractivity contribution is 7.98. The molecule has 1 saturated carbocycles. The van der Waals surface area contributed by atoms with Gasteiger partial charge in [-0.25, -0.2) is 0 Å². The highest BCUT2D eigenvalue weighted by atomic mass is 32.2. The Bertz CT molecular complexity index is 529. The van der Waals surface area contributed by atoms with Gasteiger partial charge in [-0.05, 0) is 43.1 Å². The van der Waals surface area contributed by atoms with Crippen molar-refractivity contribution in [3.05, 3.63) is 23.8 Å². The molecule has 1 aliphatic carbocycles. The lowest BCUT2D eigenvalue weighted by atomic mass is 9.75. The number of rotatable bonds is 3. The fraction of sp³-hybridized carbons (Fsp3) is 0.588. The van der Waals surface area contributed by atoms with Gasteiger partial charge in [-0.3, -0.25) is 5.41 Å². The first-order valence-electron chi connectivity index (χ1n) is 7.97. The molecular weight excluding hydrogens is 278 g/mol. The number of amidine groups is 1. The molecule has 4 heteroatoms. The summed E-state index contributed by atoms with van der Waals surface area (Å²) in [5, 5.41) is 7.96. The van der Waals surface area contributed by atoms with Crippen molar-refractivity contribution in [1.29, 1.82) is 5.41 Å². The maximum atomic E-state index is 7.96. The van der Waals surface area contributed by atoms with Crippen LogP contribution in [0.4, 0.5) is 5.69 Å². The van der Waals surface area contributed by atoms with E-state index in [9.17, 15) is 0 Å². The van der Waals surface area contributed by atoms with Crippen LogP contribution in [-0.4, -0.2) is 25.2 Å². The van der Waals surface area contributed by atoms with Crippen molar-refractivity contribution < 1.29 is 0 Å². The van der Waals surface area contributed by atoms with Gasteiger partial charge in [-0.1, -0.05) is 25.3 Å². The molecule has 0 aromatic heterocycles. The summed E-state index contributed by atoms with van der Waals surface area (Å²) in [6, 6.07) is 6.30. The van der Waals surface area contributed by atoms with Crippen LogP contribution in [0, 0.1) is 17.2 Å². The number of thioether (sulfide) groups is 1. The van der Waals surface area contributed by atoms with Crippen molar-refractivity contribution in [2.24, 2.45) is 17.6 Å². The molecule has 3 nitrogen and oxygen atoms in total. The van der Waals surface area contributed by atoms with Crippen molar-refractivity contribution in [1.82, 2.24) is 0 Å². The molecule has 1 aromatic rings. The van der Waals surface area contributed by atoms with Crippen LogP contribution in [0.1, 0.15) is 37.7 Å². The third kappa shape index (κ3) is 2.91. The third-order valence-corrected chi connectivity index (χ3v) is 5.91. The minimum atomic E-state index is 0.195. The van der Waals surface area contributed by atoms with Crippen LogP contribution in [0.3, 0.4) is 0 Å². The first kappa shape index (κ1) is 14.8. The topological polar surface area (TPSA) is 53.1 Å². The number of piperidine rings is 1. The first-order chi connectivity index (χ1) is 10.2. The number of nitrogens with two attached hydrogens (primary N) is 1. The zero-order valence-electron chi connectivity index (χ0n) is 12.8. The van der Waals surface area contributed by atoms with E-state index < -0.39 is 0 Å². The molecular formula is C17H25N3S. The van der Waals surface area contributed by atoms with Crippen molar-refractivity contribution in [3.63, 3.8) is 0 Å². The quantitative estimate of drug-likeness (QED) is 0.508. The van der Waals surface area contributed by atoms with Crippen molar-refractivity contribution in [2.45, 2.75) is 37.0 Å². The zero-order chi connectivity index (χ0) is 14.8. The van der Waals surface area contributed by atoms with E-state index in [1.54, 1.807) is 11.8 Å². The minimum Gasteiger partial charge on any atom is -0.384 e. The van der Waals surface area contributed by atoms with Crippen LogP contribution in [0.15, 0.2) is 23.1 Å². The lowest BCUT2D eigenvalue weighted by molar-refractivity contribution is 0.202. The maximum absolute atomic E-state index is 7.96. The van der Waals surface area contributed by atoms with Gasteiger partial charge in [0.25, 0.3) is 0 Å². The Kier molecular flexibility index (Phi) is 4.43. The summed E-state index contributed by atoms with van der Waals surface area (Å²) in [5.41, 5.74) is 7.97. The molecule has 1 aliphatic heterocycles. The van der Waals surface area contributed by atoms with Crippen LogP contribution in [0.5, 0.6) is 0 Å². The van der Waals surface area contributed by atoms with Gasteiger partial charge in [-0.2, -0.15) is 0 Å². The van der Waals surface area contributed by atoms with Crippen molar-refractivity contribution >= 4 is 23.3 Å². The average molecular weight is 303 g/mol. The van der Waals surface area contributed by atoms with Crippen LogP contribution < -0.4 is 10.6 Å². The molecule has 2 fully saturated rings. The number of nitrogen functional groups attached to an aromatic ring is 1. The first-order valence-corrected chi connectivity index (χ1v) is 9.19. The molecule has 3 N–H and O–H groups in total. The van der Waals surface area contributed by atoms with E-state index in [1.165, 1.54) is 37.8 Å². The fourth-order valence-corrected chi connectivity index (χ4v) is 4.68. The fourth-order valence-electron chi connectivity index (χ4n) is 4.04. The second-order valence-electron chi connectivity index (χ2n) is 6.31. The lowest BCUT2D eigenvalue weighted by Gasteiger charge is -2.43. The molecule has 0 bridgehead atoms. The number of fused-ring (bicyclic) bond motifs is 1. The van der Waals surface area contributed by atoms with Crippen molar-refractivity contribution in [3.8, 4) is 0 Å². The van der Waals surface area contributed by atoms with E-state index >= 15 is 0 Å². The Balaban J connectivity index is 1.88. The van der Waals surface area contributed by atoms with E-state index in [0.29, 0.717) is 0 Å². The normalized spacial score (nSPS) is 25.5. The molecule has 2 unspecified atom stereocenters. The summed E-state index contributed by atoms with van der Waals surface area (Å²) >= 11 is 1.68.